The van der Waals surface area contributed by atoms with Crippen molar-refractivity contribution >= 4 is 35.6 Å². The quantitative estimate of drug-likeness (QED) is 0.320. The number of nitrogens with zero attached hydrogens (tertiary/aromatic N) is 3. The third-order valence-electron chi connectivity index (χ3n) is 5.40. The lowest BCUT2D eigenvalue weighted by molar-refractivity contribution is 0.254. The topological polar surface area (TPSA) is 42.9 Å². The van der Waals surface area contributed by atoms with Gasteiger partial charge in [0.15, 0.2) is 5.96 Å². The summed E-state index contributed by atoms with van der Waals surface area (Å²) in [4.78, 5) is 9.21. The van der Waals surface area contributed by atoms with Gasteiger partial charge in [0.25, 0.3) is 0 Å². The van der Waals surface area contributed by atoms with Gasteiger partial charge in [-0.1, -0.05) is 26.0 Å². The van der Waals surface area contributed by atoms with Crippen LogP contribution in [-0.2, 0) is 0 Å². The van der Waals surface area contributed by atoms with Crippen molar-refractivity contribution in [3.05, 3.63) is 29.8 Å². The molecule has 0 amide bonds. The largest absolute Gasteiger partial charge is 0.372 e. The van der Waals surface area contributed by atoms with Crippen LogP contribution in [0.5, 0.6) is 0 Å². The smallest absolute Gasteiger partial charge is 0.191 e. The molecule has 0 bridgehead atoms. The van der Waals surface area contributed by atoms with Crippen LogP contribution in [0.15, 0.2) is 29.3 Å². The number of nitrogens with one attached hydrogen (secondary N) is 2. The van der Waals surface area contributed by atoms with Crippen molar-refractivity contribution in [2.75, 3.05) is 45.7 Å². The Balaban J connectivity index is 0.00000392. The highest BCUT2D eigenvalue weighted by Crippen LogP contribution is 2.23. The van der Waals surface area contributed by atoms with E-state index in [1.807, 2.05) is 7.05 Å². The van der Waals surface area contributed by atoms with E-state index in [2.05, 4.69) is 84.6 Å². The van der Waals surface area contributed by atoms with Crippen molar-refractivity contribution in [2.24, 2.45) is 10.9 Å². The first-order valence-electron chi connectivity index (χ1n) is 10.4. The number of guanidine groups is 1. The lowest BCUT2D eigenvalue weighted by Gasteiger charge is -2.28. The van der Waals surface area contributed by atoms with E-state index < -0.39 is 0 Å². The molecule has 0 aliphatic carbocycles. The summed E-state index contributed by atoms with van der Waals surface area (Å²) in [6, 6.07) is 9.62. The summed E-state index contributed by atoms with van der Waals surface area (Å²) in [5.74, 6) is 1.55. The Bertz CT molecular complexity index is 596. The van der Waals surface area contributed by atoms with Crippen molar-refractivity contribution in [3.63, 3.8) is 0 Å². The highest BCUT2D eigenvalue weighted by molar-refractivity contribution is 14.0. The van der Waals surface area contributed by atoms with Gasteiger partial charge in [-0.15, -0.1) is 24.0 Å². The summed E-state index contributed by atoms with van der Waals surface area (Å²) < 4.78 is 0. The molecule has 2 atom stereocenters. The van der Waals surface area contributed by atoms with Gasteiger partial charge in [-0.2, -0.15) is 0 Å². The standard InChI is InChI=1S/C22H39N5.HI/c1-17(2)14-21(26(5)6)16-24-22(23-4)25-18(3)19-10-9-11-20(15-19)27-12-7-8-13-27;/h9-11,15,17-18,21H,7-8,12-14,16H2,1-6H3,(H2,23,24,25);1H. The van der Waals surface area contributed by atoms with Gasteiger partial charge in [0.2, 0.25) is 0 Å². The molecule has 0 spiro atoms. The first-order valence-corrected chi connectivity index (χ1v) is 10.4. The molecule has 0 radical (unpaired) electrons. The molecule has 2 rings (SSSR count). The molecule has 0 aromatic heterocycles. The zero-order valence-corrected chi connectivity index (χ0v) is 20.9. The van der Waals surface area contributed by atoms with Gasteiger partial charge in [-0.3, -0.25) is 4.99 Å². The Kier molecular flexibility index (Phi) is 11.2. The Morgan fingerprint density at radius 3 is 2.43 bits per heavy atom. The van der Waals surface area contributed by atoms with Gasteiger partial charge in [0, 0.05) is 38.4 Å². The first-order chi connectivity index (χ1) is 12.9. The second-order valence-corrected chi connectivity index (χ2v) is 8.36. The van der Waals surface area contributed by atoms with Crippen LogP contribution in [0.25, 0.3) is 0 Å². The number of benzene rings is 1. The molecule has 1 aromatic rings. The predicted molar refractivity (Wildman–Crippen MR) is 133 cm³/mol. The summed E-state index contributed by atoms with van der Waals surface area (Å²) >= 11 is 0. The zero-order chi connectivity index (χ0) is 19.8. The molecule has 6 heteroatoms. The van der Waals surface area contributed by atoms with E-state index in [1.54, 1.807) is 0 Å². The van der Waals surface area contributed by atoms with Crippen LogP contribution < -0.4 is 15.5 Å². The molecule has 5 nitrogen and oxygen atoms in total. The summed E-state index contributed by atoms with van der Waals surface area (Å²) in [6.45, 7) is 10.0. The minimum Gasteiger partial charge on any atom is -0.372 e. The van der Waals surface area contributed by atoms with E-state index in [-0.39, 0.29) is 30.0 Å². The van der Waals surface area contributed by atoms with E-state index in [1.165, 1.54) is 43.6 Å². The molecule has 1 aromatic carbocycles. The fraction of sp³-hybridized carbons (Fsp3) is 0.682. The summed E-state index contributed by atoms with van der Waals surface area (Å²) in [6.07, 6.45) is 3.78. The molecule has 1 aliphatic rings. The predicted octanol–water partition coefficient (Wildman–Crippen LogP) is 4.11. The maximum atomic E-state index is 4.43. The summed E-state index contributed by atoms with van der Waals surface area (Å²) in [5, 5.41) is 7.06. The summed E-state index contributed by atoms with van der Waals surface area (Å²) in [5.41, 5.74) is 2.64. The normalized spacial score (nSPS) is 16.9. The number of halogens is 1. The average Bonchev–Trinajstić information content (AvgIpc) is 3.18. The molecule has 1 heterocycles. The maximum Gasteiger partial charge on any atom is 0.191 e. The van der Waals surface area contributed by atoms with Crippen molar-refractivity contribution < 1.29 is 0 Å². The van der Waals surface area contributed by atoms with Crippen LogP contribution in [0, 0.1) is 5.92 Å². The zero-order valence-electron chi connectivity index (χ0n) is 18.5. The monoisotopic (exact) mass is 501 g/mol. The van der Waals surface area contributed by atoms with Crippen molar-refractivity contribution in [1.29, 1.82) is 0 Å². The van der Waals surface area contributed by atoms with E-state index in [0.717, 1.165) is 12.5 Å². The van der Waals surface area contributed by atoms with Crippen molar-refractivity contribution in [2.45, 2.75) is 52.1 Å². The molecule has 28 heavy (non-hydrogen) atoms. The Hall–Kier alpha value is -1.02. The van der Waals surface area contributed by atoms with Crippen LogP contribution in [0.4, 0.5) is 5.69 Å². The highest BCUT2D eigenvalue weighted by atomic mass is 127. The lowest BCUT2D eigenvalue weighted by Crippen LogP contribution is -2.46. The van der Waals surface area contributed by atoms with E-state index in [4.69, 9.17) is 0 Å². The van der Waals surface area contributed by atoms with E-state index in [0.29, 0.717) is 12.0 Å². The molecule has 2 N–H and O–H groups in total. The Morgan fingerprint density at radius 2 is 1.86 bits per heavy atom. The van der Waals surface area contributed by atoms with Gasteiger partial charge in [-0.05, 0) is 63.9 Å². The molecule has 1 fully saturated rings. The number of hydrogen-bond acceptors (Lipinski definition) is 3. The molecule has 2 unspecified atom stereocenters. The minimum atomic E-state index is 0. The Morgan fingerprint density at radius 1 is 1.18 bits per heavy atom. The maximum absolute atomic E-state index is 4.43. The third-order valence-corrected chi connectivity index (χ3v) is 5.40. The third kappa shape index (κ3) is 7.78. The highest BCUT2D eigenvalue weighted by Gasteiger charge is 2.16. The number of hydrogen-bond donors (Lipinski definition) is 2. The second kappa shape index (κ2) is 12.5. The lowest BCUT2D eigenvalue weighted by atomic mass is 10.0. The average molecular weight is 502 g/mol. The molecule has 160 valence electrons. The van der Waals surface area contributed by atoms with Crippen molar-refractivity contribution in [3.8, 4) is 0 Å². The van der Waals surface area contributed by atoms with Gasteiger partial charge in [-0.25, -0.2) is 0 Å². The molecule has 1 aliphatic heterocycles. The Labute approximate surface area is 189 Å². The number of likely N-dealkylation sites (N-methyl/N-ethyl adjacent to an activating group) is 1. The van der Waals surface area contributed by atoms with Gasteiger partial charge >= 0.3 is 0 Å². The van der Waals surface area contributed by atoms with Gasteiger partial charge < -0.3 is 20.4 Å². The SMILES string of the molecule is CN=C(NCC(CC(C)C)N(C)C)NC(C)c1cccc(N2CCCC2)c1.I. The molecule has 1 saturated heterocycles. The van der Waals surface area contributed by atoms with Crippen LogP contribution in [0.1, 0.15) is 51.6 Å². The second-order valence-electron chi connectivity index (χ2n) is 8.36. The fourth-order valence-electron chi connectivity index (χ4n) is 3.68. The molecular weight excluding hydrogens is 461 g/mol. The van der Waals surface area contributed by atoms with Gasteiger partial charge in [0.05, 0.1) is 6.04 Å². The number of aliphatic imine (C=N–C) groups is 1. The minimum absolute atomic E-state index is 0. The van der Waals surface area contributed by atoms with Gasteiger partial charge in [0.1, 0.15) is 0 Å². The van der Waals surface area contributed by atoms with Crippen LogP contribution in [-0.4, -0.2) is 57.7 Å². The first kappa shape index (κ1) is 25.0. The van der Waals surface area contributed by atoms with Crippen LogP contribution >= 0.6 is 24.0 Å². The summed E-state index contributed by atoms with van der Waals surface area (Å²) in [7, 11) is 6.14. The molecular formula is C22H40IN5. The van der Waals surface area contributed by atoms with E-state index in [9.17, 15) is 0 Å². The molecule has 0 saturated carbocycles. The number of rotatable bonds is 8. The van der Waals surface area contributed by atoms with Crippen LogP contribution in [0.2, 0.25) is 0 Å². The van der Waals surface area contributed by atoms with E-state index >= 15 is 0 Å². The van der Waals surface area contributed by atoms with Crippen molar-refractivity contribution in [1.82, 2.24) is 15.5 Å². The fourth-order valence-corrected chi connectivity index (χ4v) is 3.68. The number of anilines is 1. The van der Waals surface area contributed by atoms with Crippen LogP contribution in [0.3, 0.4) is 0 Å².